The highest BCUT2D eigenvalue weighted by atomic mass is 35.5. The summed E-state index contributed by atoms with van der Waals surface area (Å²) in [6.07, 6.45) is 0. The van der Waals surface area contributed by atoms with Gasteiger partial charge in [-0.3, -0.25) is 0 Å². The monoisotopic (exact) mass is 295 g/mol. The van der Waals surface area contributed by atoms with Crippen LogP contribution in [0.5, 0.6) is 0 Å². The second kappa shape index (κ2) is 5.76. The Morgan fingerprint density at radius 1 is 1.21 bits per heavy atom. The highest BCUT2D eigenvalue weighted by Crippen LogP contribution is 2.32. The lowest BCUT2D eigenvalue weighted by Gasteiger charge is -2.17. The van der Waals surface area contributed by atoms with Crippen molar-refractivity contribution in [1.82, 2.24) is 9.97 Å². The van der Waals surface area contributed by atoms with Crippen molar-refractivity contribution >= 4 is 28.9 Å². The zero-order valence-electron chi connectivity index (χ0n) is 10.8. The predicted molar refractivity (Wildman–Crippen MR) is 79.9 cm³/mol. The molecule has 2 N–H and O–H groups in total. The van der Waals surface area contributed by atoms with Crippen molar-refractivity contribution < 1.29 is 0 Å². The van der Waals surface area contributed by atoms with Gasteiger partial charge in [0.1, 0.15) is 5.82 Å². The molecule has 5 heteroatoms. The van der Waals surface area contributed by atoms with Crippen LogP contribution in [0.4, 0.5) is 5.69 Å². The fourth-order valence-corrected chi connectivity index (χ4v) is 2.54. The number of aromatic nitrogens is 2. The molecule has 0 bridgehead atoms. The highest BCUT2D eigenvalue weighted by Gasteiger charge is 2.20. The minimum Gasteiger partial charge on any atom is -0.397 e. The van der Waals surface area contributed by atoms with E-state index in [2.05, 4.69) is 9.97 Å². The lowest BCUT2D eigenvalue weighted by Crippen LogP contribution is -2.11. The van der Waals surface area contributed by atoms with E-state index in [0.29, 0.717) is 22.4 Å². The van der Waals surface area contributed by atoms with Crippen molar-refractivity contribution in [1.29, 1.82) is 0 Å². The van der Waals surface area contributed by atoms with Crippen molar-refractivity contribution in [3.05, 3.63) is 52.1 Å². The summed E-state index contributed by atoms with van der Waals surface area (Å²) in [6.45, 7) is 3.87. The topological polar surface area (TPSA) is 51.8 Å². The standard InChI is InChI=1S/C14H15Cl2N3/c1-8-6-9(2)19-14(18-8)11(7-15)10-4-3-5-12(16)13(10)17/h3-6,11H,7,17H2,1-2H3. The summed E-state index contributed by atoms with van der Waals surface area (Å²) in [4.78, 5) is 8.92. The number of nitrogens with zero attached hydrogens (tertiary/aromatic N) is 2. The Bertz CT molecular complexity index is 579. The number of nitrogens with two attached hydrogens (primary N) is 1. The predicted octanol–water partition coefficient (Wildman–Crippen LogP) is 3.70. The maximum Gasteiger partial charge on any atom is 0.137 e. The Hall–Kier alpha value is -1.32. The summed E-state index contributed by atoms with van der Waals surface area (Å²) >= 11 is 12.1. The van der Waals surface area contributed by atoms with Crippen LogP contribution in [-0.2, 0) is 0 Å². The van der Waals surface area contributed by atoms with Gasteiger partial charge >= 0.3 is 0 Å². The van der Waals surface area contributed by atoms with Gasteiger partial charge < -0.3 is 5.73 Å². The summed E-state index contributed by atoms with van der Waals surface area (Å²) in [6, 6.07) is 7.45. The van der Waals surface area contributed by atoms with E-state index in [4.69, 9.17) is 28.9 Å². The van der Waals surface area contributed by atoms with Crippen LogP contribution in [0.3, 0.4) is 0 Å². The van der Waals surface area contributed by atoms with Crippen LogP contribution in [0.2, 0.25) is 5.02 Å². The van der Waals surface area contributed by atoms with Gasteiger partial charge in [-0.25, -0.2) is 9.97 Å². The zero-order chi connectivity index (χ0) is 14.0. The van der Waals surface area contributed by atoms with Crippen LogP contribution >= 0.6 is 23.2 Å². The van der Waals surface area contributed by atoms with Crippen molar-refractivity contribution in [3.63, 3.8) is 0 Å². The van der Waals surface area contributed by atoms with Crippen LogP contribution in [0.25, 0.3) is 0 Å². The molecule has 1 heterocycles. The second-order valence-electron chi connectivity index (χ2n) is 4.46. The van der Waals surface area contributed by atoms with Gasteiger partial charge in [0.2, 0.25) is 0 Å². The molecule has 0 aliphatic rings. The lowest BCUT2D eigenvalue weighted by molar-refractivity contribution is 0.802. The minimum atomic E-state index is -0.154. The third-order valence-electron chi connectivity index (χ3n) is 2.93. The second-order valence-corrected chi connectivity index (χ2v) is 5.17. The van der Waals surface area contributed by atoms with Gasteiger partial charge in [-0.1, -0.05) is 23.7 Å². The van der Waals surface area contributed by atoms with Gasteiger partial charge in [0.25, 0.3) is 0 Å². The van der Waals surface area contributed by atoms with Crippen LogP contribution in [0, 0.1) is 13.8 Å². The molecule has 3 nitrogen and oxygen atoms in total. The number of alkyl halides is 1. The molecule has 0 fully saturated rings. The van der Waals surface area contributed by atoms with E-state index in [1.165, 1.54) is 0 Å². The molecule has 2 aromatic rings. The quantitative estimate of drug-likeness (QED) is 0.694. The third kappa shape index (κ3) is 2.99. The number of nitrogen functional groups attached to an aromatic ring is 1. The van der Waals surface area contributed by atoms with Gasteiger partial charge in [0.05, 0.1) is 16.6 Å². The molecule has 1 unspecified atom stereocenters. The number of hydrogen-bond donors (Lipinski definition) is 1. The van der Waals surface area contributed by atoms with Gasteiger partial charge in [-0.05, 0) is 31.5 Å². The Balaban J connectivity index is 2.53. The lowest BCUT2D eigenvalue weighted by atomic mass is 9.98. The zero-order valence-corrected chi connectivity index (χ0v) is 12.3. The highest BCUT2D eigenvalue weighted by molar-refractivity contribution is 6.33. The normalized spacial score (nSPS) is 12.4. The van der Waals surface area contributed by atoms with Crippen molar-refractivity contribution in [3.8, 4) is 0 Å². The van der Waals surface area contributed by atoms with E-state index >= 15 is 0 Å². The average molecular weight is 296 g/mol. The van der Waals surface area contributed by atoms with Gasteiger partial charge in [0, 0.05) is 17.3 Å². The fourth-order valence-electron chi connectivity index (χ4n) is 2.06. The van der Waals surface area contributed by atoms with E-state index in [9.17, 15) is 0 Å². The Labute approximate surface area is 122 Å². The Morgan fingerprint density at radius 2 is 1.84 bits per heavy atom. The number of aryl methyl sites for hydroxylation is 2. The van der Waals surface area contributed by atoms with Gasteiger partial charge in [-0.15, -0.1) is 11.6 Å². The number of halogens is 2. The molecule has 100 valence electrons. The molecule has 1 atom stereocenters. The fraction of sp³-hybridized carbons (Fsp3) is 0.286. The van der Waals surface area contributed by atoms with E-state index in [1.54, 1.807) is 6.07 Å². The molecule has 0 aliphatic carbocycles. The molecular weight excluding hydrogens is 281 g/mol. The molecule has 0 spiro atoms. The number of anilines is 1. The minimum absolute atomic E-state index is 0.154. The van der Waals surface area contributed by atoms with Crippen LogP contribution in [0.1, 0.15) is 28.7 Å². The third-order valence-corrected chi connectivity index (χ3v) is 3.57. The average Bonchev–Trinajstić information content (AvgIpc) is 2.34. The van der Waals surface area contributed by atoms with E-state index in [0.717, 1.165) is 17.0 Å². The SMILES string of the molecule is Cc1cc(C)nc(C(CCl)c2cccc(Cl)c2N)n1. The summed E-state index contributed by atoms with van der Waals surface area (Å²) in [5.41, 5.74) is 9.26. The van der Waals surface area contributed by atoms with Gasteiger partial charge in [0.15, 0.2) is 0 Å². The molecule has 0 radical (unpaired) electrons. The van der Waals surface area contributed by atoms with Crippen LogP contribution in [-0.4, -0.2) is 15.8 Å². The maximum atomic E-state index is 6.09. The van der Waals surface area contributed by atoms with Crippen molar-refractivity contribution in [2.75, 3.05) is 11.6 Å². The maximum absolute atomic E-state index is 6.09. The summed E-state index contributed by atoms with van der Waals surface area (Å²) in [7, 11) is 0. The first-order valence-electron chi connectivity index (χ1n) is 5.95. The largest absolute Gasteiger partial charge is 0.397 e. The first-order chi connectivity index (χ1) is 9.02. The molecule has 0 amide bonds. The van der Waals surface area contributed by atoms with Crippen LogP contribution < -0.4 is 5.73 Å². The van der Waals surface area contributed by atoms with E-state index < -0.39 is 0 Å². The molecule has 0 saturated carbocycles. The van der Waals surface area contributed by atoms with E-state index in [-0.39, 0.29) is 5.92 Å². The summed E-state index contributed by atoms with van der Waals surface area (Å²) < 4.78 is 0. The smallest absolute Gasteiger partial charge is 0.137 e. The van der Waals surface area contributed by atoms with Crippen molar-refractivity contribution in [2.24, 2.45) is 0 Å². The molecule has 2 rings (SSSR count). The summed E-state index contributed by atoms with van der Waals surface area (Å²) in [5, 5.41) is 0.525. The van der Waals surface area contributed by atoms with Crippen LogP contribution in [0.15, 0.2) is 24.3 Å². The molecule has 1 aromatic carbocycles. The number of benzene rings is 1. The molecular formula is C14H15Cl2N3. The number of hydrogen-bond acceptors (Lipinski definition) is 3. The summed E-state index contributed by atoms with van der Waals surface area (Å²) in [5.74, 6) is 0.883. The first-order valence-corrected chi connectivity index (χ1v) is 6.86. The first kappa shape index (κ1) is 14.1. The van der Waals surface area contributed by atoms with E-state index in [1.807, 2.05) is 32.0 Å². The van der Waals surface area contributed by atoms with Crippen molar-refractivity contribution in [2.45, 2.75) is 19.8 Å². The Morgan fingerprint density at radius 3 is 2.42 bits per heavy atom. The molecule has 1 aromatic heterocycles. The molecule has 19 heavy (non-hydrogen) atoms. The number of para-hydroxylation sites is 1. The molecule has 0 aliphatic heterocycles. The Kier molecular flexibility index (Phi) is 4.27. The molecule has 0 saturated heterocycles. The number of rotatable bonds is 3. The van der Waals surface area contributed by atoms with Gasteiger partial charge in [-0.2, -0.15) is 0 Å².